The van der Waals surface area contributed by atoms with Gasteiger partial charge in [0, 0.05) is 18.8 Å². The molecular formula is C17H21N3O5S. The van der Waals surface area contributed by atoms with Crippen molar-refractivity contribution in [2.75, 3.05) is 27.3 Å². The number of benzene rings is 1. The van der Waals surface area contributed by atoms with Gasteiger partial charge in [0.2, 0.25) is 15.9 Å². The van der Waals surface area contributed by atoms with Gasteiger partial charge in [0.25, 0.3) is 0 Å². The van der Waals surface area contributed by atoms with Gasteiger partial charge in [-0.1, -0.05) is 12.1 Å². The van der Waals surface area contributed by atoms with Crippen LogP contribution in [0.5, 0.6) is 17.6 Å². The van der Waals surface area contributed by atoms with Crippen molar-refractivity contribution in [3.63, 3.8) is 0 Å². The van der Waals surface area contributed by atoms with Crippen LogP contribution >= 0.6 is 0 Å². The highest BCUT2D eigenvalue weighted by Crippen LogP contribution is 2.29. The van der Waals surface area contributed by atoms with Crippen LogP contribution in [0.1, 0.15) is 12.8 Å². The summed E-state index contributed by atoms with van der Waals surface area (Å²) in [4.78, 5) is 8.20. The van der Waals surface area contributed by atoms with Gasteiger partial charge >= 0.3 is 6.01 Å². The molecule has 26 heavy (non-hydrogen) atoms. The van der Waals surface area contributed by atoms with E-state index in [0.29, 0.717) is 24.6 Å². The van der Waals surface area contributed by atoms with Crippen molar-refractivity contribution < 1.29 is 22.6 Å². The zero-order valence-corrected chi connectivity index (χ0v) is 15.5. The monoisotopic (exact) mass is 379 g/mol. The second kappa shape index (κ2) is 7.88. The molecule has 1 aliphatic rings. The zero-order valence-electron chi connectivity index (χ0n) is 14.7. The van der Waals surface area contributed by atoms with Crippen LogP contribution in [0.3, 0.4) is 0 Å². The first-order chi connectivity index (χ1) is 12.5. The highest BCUT2D eigenvalue weighted by atomic mass is 32.2. The van der Waals surface area contributed by atoms with Gasteiger partial charge in [-0.25, -0.2) is 13.4 Å². The molecule has 2 heterocycles. The highest BCUT2D eigenvalue weighted by Gasteiger charge is 2.33. The minimum absolute atomic E-state index is 0.159. The van der Waals surface area contributed by atoms with Crippen molar-refractivity contribution in [2.45, 2.75) is 23.8 Å². The highest BCUT2D eigenvalue weighted by molar-refractivity contribution is 7.89. The average Bonchev–Trinajstić information content (AvgIpc) is 2.68. The molecule has 0 radical (unpaired) electrons. The Morgan fingerprint density at radius 3 is 2.73 bits per heavy atom. The summed E-state index contributed by atoms with van der Waals surface area (Å²) >= 11 is 0. The van der Waals surface area contributed by atoms with Gasteiger partial charge in [-0.3, -0.25) is 0 Å². The number of para-hydroxylation sites is 1. The molecule has 0 spiro atoms. The van der Waals surface area contributed by atoms with Crippen molar-refractivity contribution in [3.8, 4) is 17.6 Å². The molecule has 0 aliphatic carbocycles. The second-order valence-corrected chi connectivity index (χ2v) is 7.68. The van der Waals surface area contributed by atoms with Gasteiger partial charge in [-0.15, -0.1) is 0 Å². The van der Waals surface area contributed by atoms with Gasteiger partial charge in [0.15, 0.2) is 0 Å². The summed E-state index contributed by atoms with van der Waals surface area (Å²) in [6, 6.07) is 8.43. The van der Waals surface area contributed by atoms with Crippen LogP contribution in [0.4, 0.5) is 0 Å². The van der Waals surface area contributed by atoms with Crippen molar-refractivity contribution in [1.29, 1.82) is 0 Å². The number of sulfonamides is 1. The molecule has 1 unspecified atom stereocenters. The van der Waals surface area contributed by atoms with Crippen LogP contribution in [-0.4, -0.2) is 56.1 Å². The van der Waals surface area contributed by atoms with E-state index in [9.17, 15) is 8.42 Å². The number of hydrogen-bond donors (Lipinski definition) is 0. The summed E-state index contributed by atoms with van der Waals surface area (Å²) in [5.41, 5.74) is 0. The SMILES string of the molecule is COc1nccc(OC2CCCN(S(=O)(=O)c3ccccc3OC)C2)n1. The van der Waals surface area contributed by atoms with E-state index in [2.05, 4.69) is 9.97 Å². The van der Waals surface area contributed by atoms with E-state index in [1.165, 1.54) is 24.7 Å². The van der Waals surface area contributed by atoms with E-state index in [-0.39, 0.29) is 23.6 Å². The van der Waals surface area contributed by atoms with Crippen molar-refractivity contribution >= 4 is 10.0 Å². The maximum atomic E-state index is 13.0. The Bertz CT molecular complexity index is 859. The maximum absolute atomic E-state index is 13.0. The summed E-state index contributed by atoms with van der Waals surface area (Å²) in [7, 11) is -0.741. The molecule has 1 aromatic carbocycles. The molecule has 1 atom stereocenters. The fourth-order valence-electron chi connectivity index (χ4n) is 2.85. The van der Waals surface area contributed by atoms with Crippen LogP contribution < -0.4 is 14.2 Å². The first-order valence-electron chi connectivity index (χ1n) is 8.21. The Hall–Kier alpha value is -2.39. The number of hydrogen-bond acceptors (Lipinski definition) is 7. The van der Waals surface area contributed by atoms with E-state index in [1.807, 2.05) is 0 Å². The van der Waals surface area contributed by atoms with Crippen LogP contribution in [0.25, 0.3) is 0 Å². The predicted octanol–water partition coefficient (Wildman–Crippen LogP) is 1.73. The molecule has 1 saturated heterocycles. The summed E-state index contributed by atoms with van der Waals surface area (Å²) in [5, 5.41) is 0. The normalized spacial score (nSPS) is 18.3. The molecule has 140 valence electrons. The number of aromatic nitrogens is 2. The van der Waals surface area contributed by atoms with Gasteiger partial charge in [-0.2, -0.15) is 9.29 Å². The van der Waals surface area contributed by atoms with Crippen molar-refractivity contribution in [2.24, 2.45) is 0 Å². The molecule has 8 nitrogen and oxygen atoms in total. The molecule has 0 amide bonds. The van der Waals surface area contributed by atoms with E-state index in [0.717, 1.165) is 6.42 Å². The average molecular weight is 379 g/mol. The van der Waals surface area contributed by atoms with E-state index in [4.69, 9.17) is 14.2 Å². The molecule has 3 rings (SSSR count). The summed E-state index contributed by atoms with van der Waals surface area (Å²) in [5.74, 6) is 0.689. The second-order valence-electron chi connectivity index (χ2n) is 5.78. The third kappa shape index (κ3) is 3.88. The number of piperidine rings is 1. The Labute approximate surface area is 152 Å². The van der Waals surface area contributed by atoms with Crippen LogP contribution in [-0.2, 0) is 10.0 Å². The van der Waals surface area contributed by atoms with Crippen LogP contribution in [0.2, 0.25) is 0 Å². The fraction of sp³-hybridized carbons (Fsp3) is 0.412. The molecule has 1 aliphatic heterocycles. The standard InChI is InChI=1S/C17H21N3O5S/c1-23-14-7-3-4-8-15(14)26(21,22)20-11-5-6-13(12-20)25-16-9-10-18-17(19-16)24-2/h3-4,7-10,13H,5-6,11-12H2,1-2H3. The Morgan fingerprint density at radius 2 is 1.96 bits per heavy atom. The molecule has 2 aromatic rings. The number of methoxy groups -OCH3 is 2. The first-order valence-corrected chi connectivity index (χ1v) is 9.65. The minimum Gasteiger partial charge on any atom is -0.495 e. The molecule has 0 N–H and O–H groups in total. The maximum Gasteiger partial charge on any atom is 0.319 e. The van der Waals surface area contributed by atoms with Gasteiger partial charge in [0.05, 0.1) is 20.8 Å². The summed E-state index contributed by atoms with van der Waals surface area (Å²) < 4.78 is 43.5. The van der Waals surface area contributed by atoms with Gasteiger partial charge in [0.1, 0.15) is 16.7 Å². The third-order valence-corrected chi connectivity index (χ3v) is 6.01. The number of nitrogens with zero attached hydrogens (tertiary/aromatic N) is 3. The van der Waals surface area contributed by atoms with Gasteiger partial charge < -0.3 is 14.2 Å². The molecule has 0 saturated carbocycles. The summed E-state index contributed by atoms with van der Waals surface area (Å²) in [6.07, 6.45) is 2.67. The third-order valence-electron chi connectivity index (χ3n) is 4.11. The lowest BCUT2D eigenvalue weighted by Gasteiger charge is -2.32. The zero-order chi connectivity index (χ0) is 18.6. The largest absolute Gasteiger partial charge is 0.495 e. The molecule has 9 heteroatoms. The molecule has 1 fully saturated rings. The van der Waals surface area contributed by atoms with Crippen molar-refractivity contribution in [1.82, 2.24) is 14.3 Å². The Morgan fingerprint density at radius 1 is 1.15 bits per heavy atom. The smallest absolute Gasteiger partial charge is 0.319 e. The minimum atomic E-state index is -3.67. The van der Waals surface area contributed by atoms with Gasteiger partial charge in [-0.05, 0) is 25.0 Å². The van der Waals surface area contributed by atoms with Crippen LogP contribution in [0, 0.1) is 0 Å². The lowest BCUT2D eigenvalue weighted by molar-refractivity contribution is 0.123. The molecule has 1 aromatic heterocycles. The lowest BCUT2D eigenvalue weighted by atomic mass is 10.1. The first kappa shape index (κ1) is 18.4. The molecule has 0 bridgehead atoms. The van der Waals surface area contributed by atoms with E-state index in [1.54, 1.807) is 30.3 Å². The van der Waals surface area contributed by atoms with Crippen molar-refractivity contribution in [3.05, 3.63) is 36.5 Å². The Balaban J connectivity index is 1.77. The number of rotatable bonds is 6. The predicted molar refractivity (Wildman–Crippen MR) is 94.0 cm³/mol. The lowest BCUT2D eigenvalue weighted by Crippen LogP contribution is -2.44. The fourth-order valence-corrected chi connectivity index (χ4v) is 4.52. The van der Waals surface area contributed by atoms with E-state index >= 15 is 0 Å². The van der Waals surface area contributed by atoms with E-state index < -0.39 is 10.0 Å². The number of ether oxygens (including phenoxy) is 3. The Kier molecular flexibility index (Phi) is 5.58. The van der Waals surface area contributed by atoms with Crippen LogP contribution in [0.15, 0.2) is 41.4 Å². The topological polar surface area (TPSA) is 90.9 Å². The quantitative estimate of drug-likeness (QED) is 0.755. The molecular weight excluding hydrogens is 358 g/mol. The summed E-state index contributed by atoms with van der Waals surface area (Å²) in [6.45, 7) is 0.681.